The Labute approximate surface area is 99.8 Å². The van der Waals surface area contributed by atoms with E-state index in [1.54, 1.807) is 12.1 Å². The van der Waals surface area contributed by atoms with Crippen molar-refractivity contribution in [2.45, 2.75) is 10.1 Å². The minimum atomic E-state index is -1.12. The molecule has 0 aliphatic carbocycles. The first-order chi connectivity index (χ1) is 8.16. The Balaban J connectivity index is 2.36. The molecule has 2 aromatic rings. The van der Waals surface area contributed by atoms with E-state index in [9.17, 15) is 9.59 Å². The van der Waals surface area contributed by atoms with E-state index in [1.807, 2.05) is 0 Å². The van der Waals surface area contributed by atoms with Gasteiger partial charge in [0.25, 0.3) is 5.56 Å². The third-order valence-electron chi connectivity index (χ3n) is 1.83. The zero-order valence-electron chi connectivity index (χ0n) is 8.45. The van der Waals surface area contributed by atoms with E-state index in [2.05, 4.69) is 15.0 Å². The van der Waals surface area contributed by atoms with Gasteiger partial charge in [0.15, 0.2) is 10.9 Å². The van der Waals surface area contributed by atoms with Crippen LogP contribution in [0.4, 0.5) is 0 Å². The fourth-order valence-corrected chi connectivity index (χ4v) is 2.00. The van der Waals surface area contributed by atoms with Gasteiger partial charge in [-0.15, -0.1) is 0 Å². The van der Waals surface area contributed by atoms with Crippen molar-refractivity contribution in [2.75, 3.05) is 0 Å². The molecule has 2 aromatic heterocycles. The van der Waals surface area contributed by atoms with E-state index in [0.29, 0.717) is 10.1 Å². The SMILES string of the molecule is O=C(O)c1ncccc1Sc1nccc(=O)[nH]1. The van der Waals surface area contributed by atoms with E-state index in [0.717, 1.165) is 11.8 Å². The predicted molar refractivity (Wildman–Crippen MR) is 60.2 cm³/mol. The molecular formula is C10H7N3O3S. The Kier molecular flexibility index (Phi) is 3.20. The molecule has 0 aliphatic rings. The largest absolute Gasteiger partial charge is 0.476 e. The lowest BCUT2D eigenvalue weighted by molar-refractivity contribution is 0.0686. The first kappa shape index (κ1) is 11.3. The molecule has 0 saturated carbocycles. The molecule has 0 saturated heterocycles. The Hall–Kier alpha value is -2.15. The van der Waals surface area contributed by atoms with Gasteiger partial charge in [-0.3, -0.25) is 4.79 Å². The molecule has 86 valence electrons. The summed E-state index contributed by atoms with van der Waals surface area (Å²) < 4.78 is 0. The van der Waals surface area contributed by atoms with Crippen LogP contribution in [-0.2, 0) is 0 Å². The first-order valence-corrected chi connectivity index (χ1v) is 5.40. The zero-order valence-corrected chi connectivity index (χ0v) is 9.27. The molecular weight excluding hydrogens is 242 g/mol. The van der Waals surface area contributed by atoms with Gasteiger partial charge in [-0.25, -0.2) is 14.8 Å². The summed E-state index contributed by atoms with van der Waals surface area (Å²) in [4.78, 5) is 32.6. The van der Waals surface area contributed by atoms with Gasteiger partial charge in [0, 0.05) is 23.4 Å². The summed E-state index contributed by atoms with van der Waals surface area (Å²) in [7, 11) is 0. The van der Waals surface area contributed by atoms with Gasteiger partial charge in [-0.1, -0.05) is 0 Å². The second-order valence-electron chi connectivity index (χ2n) is 3.00. The van der Waals surface area contributed by atoms with Crippen molar-refractivity contribution in [1.29, 1.82) is 0 Å². The van der Waals surface area contributed by atoms with Gasteiger partial charge < -0.3 is 10.1 Å². The molecule has 2 heterocycles. The lowest BCUT2D eigenvalue weighted by atomic mass is 10.3. The van der Waals surface area contributed by atoms with Gasteiger partial charge >= 0.3 is 5.97 Å². The van der Waals surface area contributed by atoms with Crippen LogP contribution in [0.15, 0.2) is 45.4 Å². The highest BCUT2D eigenvalue weighted by Crippen LogP contribution is 2.25. The molecule has 0 fully saturated rings. The molecule has 6 nitrogen and oxygen atoms in total. The molecule has 2 N–H and O–H groups in total. The van der Waals surface area contributed by atoms with Crippen LogP contribution in [0.25, 0.3) is 0 Å². The van der Waals surface area contributed by atoms with Crippen molar-refractivity contribution >= 4 is 17.7 Å². The minimum absolute atomic E-state index is 0.0657. The van der Waals surface area contributed by atoms with Gasteiger partial charge in [0.1, 0.15) is 0 Å². The van der Waals surface area contributed by atoms with Crippen molar-refractivity contribution in [3.8, 4) is 0 Å². The number of carbonyl (C=O) groups is 1. The van der Waals surface area contributed by atoms with Gasteiger partial charge in [-0.05, 0) is 23.9 Å². The van der Waals surface area contributed by atoms with E-state index < -0.39 is 5.97 Å². The smallest absolute Gasteiger partial charge is 0.355 e. The zero-order chi connectivity index (χ0) is 12.3. The van der Waals surface area contributed by atoms with Crippen LogP contribution in [0.1, 0.15) is 10.5 Å². The number of H-pyrrole nitrogens is 1. The van der Waals surface area contributed by atoms with Crippen LogP contribution in [0.3, 0.4) is 0 Å². The van der Waals surface area contributed by atoms with Gasteiger partial charge in [0.2, 0.25) is 0 Å². The third-order valence-corrected chi connectivity index (χ3v) is 2.78. The topological polar surface area (TPSA) is 95.9 Å². The molecule has 0 unspecified atom stereocenters. The Morgan fingerprint density at radius 3 is 2.82 bits per heavy atom. The Morgan fingerprint density at radius 2 is 2.12 bits per heavy atom. The van der Waals surface area contributed by atoms with Crippen LogP contribution < -0.4 is 5.56 Å². The Bertz CT molecular complexity index is 611. The van der Waals surface area contributed by atoms with Crippen LogP contribution in [-0.4, -0.2) is 26.0 Å². The highest BCUT2D eigenvalue weighted by atomic mass is 32.2. The van der Waals surface area contributed by atoms with Crippen LogP contribution in [0.5, 0.6) is 0 Å². The normalized spacial score (nSPS) is 10.1. The summed E-state index contributed by atoms with van der Waals surface area (Å²) in [6.07, 6.45) is 2.76. The summed E-state index contributed by atoms with van der Waals surface area (Å²) in [5.41, 5.74) is -0.354. The highest BCUT2D eigenvalue weighted by molar-refractivity contribution is 7.99. The number of hydrogen-bond acceptors (Lipinski definition) is 5. The number of nitrogens with one attached hydrogen (secondary N) is 1. The maximum atomic E-state index is 11.1. The highest BCUT2D eigenvalue weighted by Gasteiger charge is 2.12. The van der Waals surface area contributed by atoms with E-state index in [4.69, 9.17) is 5.11 Å². The van der Waals surface area contributed by atoms with Crippen LogP contribution in [0, 0.1) is 0 Å². The summed E-state index contributed by atoms with van der Waals surface area (Å²) in [5, 5.41) is 9.26. The van der Waals surface area contributed by atoms with Gasteiger partial charge in [-0.2, -0.15) is 0 Å². The second-order valence-corrected chi connectivity index (χ2v) is 4.03. The quantitative estimate of drug-likeness (QED) is 0.788. The minimum Gasteiger partial charge on any atom is -0.476 e. The van der Waals surface area contributed by atoms with Crippen molar-refractivity contribution < 1.29 is 9.90 Å². The molecule has 7 heteroatoms. The molecule has 0 spiro atoms. The number of aromatic nitrogens is 3. The van der Waals surface area contributed by atoms with Crippen LogP contribution >= 0.6 is 11.8 Å². The summed E-state index contributed by atoms with van der Waals surface area (Å²) in [6, 6.07) is 4.51. The summed E-state index contributed by atoms with van der Waals surface area (Å²) in [6.45, 7) is 0. The first-order valence-electron chi connectivity index (χ1n) is 4.58. The van der Waals surface area contributed by atoms with E-state index in [1.165, 1.54) is 18.5 Å². The third kappa shape index (κ3) is 2.70. The molecule has 2 rings (SSSR count). The molecule has 0 aliphatic heterocycles. The fourth-order valence-electron chi connectivity index (χ4n) is 1.14. The average molecular weight is 249 g/mol. The standard InChI is InChI=1S/C10H7N3O3S/c14-7-3-5-12-10(13-7)17-6-2-1-4-11-8(6)9(15)16/h1-5H,(H,15,16)(H,12,13,14). The van der Waals surface area contributed by atoms with E-state index >= 15 is 0 Å². The number of carboxylic acid groups (broad SMARTS) is 1. The second kappa shape index (κ2) is 4.79. The predicted octanol–water partition coefficient (Wildman–Crippen LogP) is 1.01. The molecule has 0 atom stereocenters. The number of rotatable bonds is 3. The molecule has 17 heavy (non-hydrogen) atoms. The molecule has 0 aromatic carbocycles. The molecule has 0 bridgehead atoms. The number of nitrogens with zero attached hydrogens (tertiary/aromatic N) is 2. The fraction of sp³-hybridized carbons (Fsp3) is 0. The molecule has 0 amide bonds. The number of aromatic carboxylic acids is 1. The lowest BCUT2D eigenvalue weighted by Crippen LogP contribution is -2.06. The maximum Gasteiger partial charge on any atom is 0.355 e. The molecule has 0 radical (unpaired) electrons. The van der Waals surface area contributed by atoms with Crippen molar-refractivity contribution in [3.05, 3.63) is 46.6 Å². The Morgan fingerprint density at radius 1 is 1.29 bits per heavy atom. The monoisotopic (exact) mass is 249 g/mol. The average Bonchev–Trinajstić information content (AvgIpc) is 2.29. The van der Waals surface area contributed by atoms with Crippen molar-refractivity contribution in [3.63, 3.8) is 0 Å². The lowest BCUT2D eigenvalue weighted by Gasteiger charge is -2.02. The summed E-state index contributed by atoms with van der Waals surface area (Å²) in [5.74, 6) is -1.12. The summed E-state index contributed by atoms with van der Waals surface area (Å²) >= 11 is 1.05. The van der Waals surface area contributed by atoms with Gasteiger partial charge in [0.05, 0.1) is 0 Å². The van der Waals surface area contributed by atoms with Crippen LogP contribution in [0.2, 0.25) is 0 Å². The van der Waals surface area contributed by atoms with Crippen molar-refractivity contribution in [1.82, 2.24) is 15.0 Å². The number of aromatic amines is 1. The van der Waals surface area contributed by atoms with Crippen molar-refractivity contribution in [2.24, 2.45) is 0 Å². The number of pyridine rings is 1. The number of hydrogen-bond donors (Lipinski definition) is 2. The maximum absolute atomic E-state index is 11.1. The van der Waals surface area contributed by atoms with E-state index in [-0.39, 0.29) is 11.3 Å². The number of carboxylic acids is 1.